The van der Waals surface area contributed by atoms with E-state index in [4.69, 9.17) is 14.9 Å². The molecule has 2 aromatic rings. The molecule has 1 aliphatic carbocycles. The van der Waals surface area contributed by atoms with E-state index in [1.165, 1.54) is 0 Å². The van der Waals surface area contributed by atoms with Gasteiger partial charge >= 0.3 is 0 Å². The number of rotatable bonds is 2. The molecule has 5 unspecified atom stereocenters. The molecule has 6 nitrogen and oxygen atoms in total. The Hall–Kier alpha value is -3.18. The monoisotopic (exact) mass is 486 g/mol. The van der Waals surface area contributed by atoms with Gasteiger partial charge in [-0.25, -0.2) is 0 Å². The molecule has 32 heavy (non-hydrogen) atoms. The summed E-state index contributed by atoms with van der Waals surface area (Å²) >= 11 is 3.51. The number of nitrogens with zero attached hydrogens (tertiary/aromatic N) is 3. The van der Waals surface area contributed by atoms with Gasteiger partial charge in [0.05, 0.1) is 24.1 Å². The van der Waals surface area contributed by atoms with Gasteiger partial charge in [0.1, 0.15) is 6.10 Å². The molecule has 1 saturated carbocycles. The number of hydrogen-bond acceptors (Lipinski definition) is 6. The highest BCUT2D eigenvalue weighted by molar-refractivity contribution is 9.10. The number of ether oxygens (including phenoxy) is 2. The molecule has 3 fully saturated rings. The van der Waals surface area contributed by atoms with Crippen LogP contribution in [0.3, 0.4) is 0 Å². The van der Waals surface area contributed by atoms with E-state index in [2.05, 4.69) is 34.1 Å². The second kappa shape index (κ2) is 7.17. The highest BCUT2D eigenvalue weighted by atomic mass is 79.9. The van der Waals surface area contributed by atoms with Gasteiger partial charge in [-0.3, -0.25) is 5.41 Å². The van der Waals surface area contributed by atoms with Crippen molar-refractivity contribution in [3.63, 3.8) is 0 Å². The maximum absolute atomic E-state index is 10.5. The highest BCUT2D eigenvalue weighted by Gasteiger charge is 2.81. The first-order valence-corrected chi connectivity index (χ1v) is 11.3. The van der Waals surface area contributed by atoms with Crippen LogP contribution in [0.4, 0.5) is 0 Å². The van der Waals surface area contributed by atoms with E-state index in [1.54, 1.807) is 18.2 Å². The molecule has 0 amide bonds. The Bertz CT molecular complexity index is 1210. The van der Waals surface area contributed by atoms with Crippen LogP contribution in [0, 0.1) is 56.2 Å². The number of nitriles is 3. The predicted molar refractivity (Wildman–Crippen MR) is 118 cm³/mol. The first kappa shape index (κ1) is 20.7. The standard InChI is InChI=1S/C25H19BrN4O2/c26-19-9-5-4-8-18(19)21-23(13-27,14-28)24(15-29)20-12-17(16-6-2-1-3-7-16)10-11-25(20,31-21)32-22(24)30/h1-9,17,20-21,30H,10-12H2. The minimum atomic E-state index is -1.94. The van der Waals surface area contributed by atoms with Crippen molar-refractivity contribution in [2.45, 2.75) is 37.1 Å². The molecular weight excluding hydrogens is 468 g/mol. The Kier molecular flexibility index (Phi) is 4.64. The summed E-state index contributed by atoms with van der Waals surface area (Å²) in [5.41, 5.74) is -1.95. The molecule has 5 rings (SSSR count). The van der Waals surface area contributed by atoms with Crippen molar-refractivity contribution in [1.82, 2.24) is 0 Å². The summed E-state index contributed by atoms with van der Waals surface area (Å²) in [7, 11) is 0. The minimum Gasteiger partial charge on any atom is -0.447 e. The zero-order valence-corrected chi connectivity index (χ0v) is 18.7. The fourth-order valence-electron chi connectivity index (χ4n) is 5.83. The second-order valence-corrected chi connectivity index (χ2v) is 9.50. The fraction of sp³-hybridized carbons (Fsp3) is 0.360. The SMILES string of the molecule is N#CC1(C#N)C(c2ccccc2Br)OC23CCC(c4ccccc4)CC2C1(C#N)C(=N)O3. The van der Waals surface area contributed by atoms with Gasteiger partial charge in [-0.15, -0.1) is 0 Å². The molecule has 0 radical (unpaired) electrons. The van der Waals surface area contributed by atoms with Gasteiger partial charge < -0.3 is 9.47 Å². The lowest BCUT2D eigenvalue weighted by atomic mass is 9.50. The summed E-state index contributed by atoms with van der Waals surface area (Å²) in [4.78, 5) is 0. The van der Waals surface area contributed by atoms with Crippen LogP contribution in [0.5, 0.6) is 0 Å². The van der Waals surface area contributed by atoms with E-state index in [0.717, 1.165) is 12.0 Å². The summed E-state index contributed by atoms with van der Waals surface area (Å²) in [6, 6.07) is 23.7. The summed E-state index contributed by atoms with van der Waals surface area (Å²) in [5, 5.41) is 40.0. The van der Waals surface area contributed by atoms with E-state index in [9.17, 15) is 15.8 Å². The summed E-state index contributed by atoms with van der Waals surface area (Å²) in [6.45, 7) is 0. The van der Waals surface area contributed by atoms with E-state index in [-0.39, 0.29) is 11.8 Å². The van der Waals surface area contributed by atoms with E-state index in [0.29, 0.717) is 22.9 Å². The van der Waals surface area contributed by atoms with Crippen molar-refractivity contribution in [2.24, 2.45) is 16.7 Å². The number of halogens is 1. The molecule has 158 valence electrons. The second-order valence-electron chi connectivity index (χ2n) is 8.65. The van der Waals surface area contributed by atoms with Crippen LogP contribution in [-0.2, 0) is 9.47 Å². The molecule has 2 aromatic carbocycles. The lowest BCUT2D eigenvalue weighted by molar-refractivity contribution is -0.296. The van der Waals surface area contributed by atoms with E-state index in [1.807, 2.05) is 36.4 Å². The van der Waals surface area contributed by atoms with Crippen molar-refractivity contribution in [3.8, 4) is 18.2 Å². The Morgan fingerprint density at radius 1 is 0.969 bits per heavy atom. The lowest BCUT2D eigenvalue weighted by Crippen LogP contribution is -2.60. The third-order valence-corrected chi connectivity index (χ3v) is 8.09. The number of nitrogens with one attached hydrogen (secondary N) is 1. The van der Waals surface area contributed by atoms with Gasteiger partial charge in [-0.2, -0.15) is 15.8 Å². The lowest BCUT2D eigenvalue weighted by Gasteiger charge is -2.53. The highest BCUT2D eigenvalue weighted by Crippen LogP contribution is 2.70. The Morgan fingerprint density at radius 2 is 1.66 bits per heavy atom. The van der Waals surface area contributed by atoms with Gasteiger partial charge in [-0.1, -0.05) is 64.5 Å². The first-order chi connectivity index (χ1) is 15.5. The van der Waals surface area contributed by atoms with Gasteiger partial charge in [0.2, 0.25) is 17.1 Å². The van der Waals surface area contributed by atoms with Crippen LogP contribution in [-0.4, -0.2) is 11.7 Å². The smallest absolute Gasteiger partial charge is 0.217 e. The predicted octanol–water partition coefficient (Wildman–Crippen LogP) is 5.35. The average molecular weight is 487 g/mol. The van der Waals surface area contributed by atoms with Crippen molar-refractivity contribution in [3.05, 3.63) is 70.2 Å². The normalized spacial score (nSPS) is 34.3. The van der Waals surface area contributed by atoms with Gasteiger partial charge in [0.25, 0.3) is 0 Å². The summed E-state index contributed by atoms with van der Waals surface area (Å²) < 4.78 is 13.2. The van der Waals surface area contributed by atoms with Crippen LogP contribution in [0.15, 0.2) is 59.1 Å². The third-order valence-electron chi connectivity index (χ3n) is 7.37. The van der Waals surface area contributed by atoms with Crippen LogP contribution < -0.4 is 0 Å². The number of benzene rings is 2. The number of hydrogen-bond donors (Lipinski definition) is 1. The molecule has 2 saturated heterocycles. The van der Waals surface area contributed by atoms with Crippen LogP contribution >= 0.6 is 15.9 Å². The molecule has 0 spiro atoms. The molecular formula is C25H19BrN4O2. The molecule has 5 atom stereocenters. The van der Waals surface area contributed by atoms with Crippen LogP contribution in [0.1, 0.15) is 42.4 Å². The maximum Gasteiger partial charge on any atom is 0.217 e. The summed E-state index contributed by atoms with van der Waals surface area (Å²) in [6.07, 6.45) is 0.675. The van der Waals surface area contributed by atoms with Crippen LogP contribution in [0.2, 0.25) is 0 Å². The molecule has 3 aliphatic rings. The average Bonchev–Trinajstić information content (AvgIpc) is 3.03. The van der Waals surface area contributed by atoms with Crippen molar-refractivity contribution in [2.75, 3.05) is 0 Å². The zero-order chi connectivity index (χ0) is 22.6. The Labute approximate surface area is 194 Å². The first-order valence-electron chi connectivity index (χ1n) is 10.5. The Morgan fingerprint density at radius 3 is 2.31 bits per heavy atom. The van der Waals surface area contributed by atoms with Gasteiger partial charge in [0, 0.05) is 10.9 Å². The van der Waals surface area contributed by atoms with Gasteiger partial charge in [0.15, 0.2) is 5.41 Å². The minimum absolute atomic E-state index is 0.121. The van der Waals surface area contributed by atoms with Crippen molar-refractivity contribution >= 4 is 21.8 Å². The molecule has 2 aliphatic heterocycles. The molecule has 2 heterocycles. The topological polar surface area (TPSA) is 114 Å². The van der Waals surface area contributed by atoms with Gasteiger partial charge in [-0.05, 0) is 36.0 Å². The van der Waals surface area contributed by atoms with E-state index >= 15 is 0 Å². The van der Waals surface area contributed by atoms with Crippen molar-refractivity contribution in [1.29, 1.82) is 21.2 Å². The fourth-order valence-corrected chi connectivity index (χ4v) is 6.33. The molecule has 7 heteroatoms. The quantitative estimate of drug-likeness (QED) is 0.613. The molecule has 2 bridgehead atoms. The Balaban J connectivity index is 1.70. The van der Waals surface area contributed by atoms with Crippen molar-refractivity contribution < 1.29 is 9.47 Å². The van der Waals surface area contributed by atoms with E-state index < -0.39 is 28.6 Å². The third kappa shape index (κ3) is 2.43. The largest absolute Gasteiger partial charge is 0.447 e. The molecule has 1 N–H and O–H groups in total. The van der Waals surface area contributed by atoms with Crippen LogP contribution in [0.25, 0.3) is 0 Å². The summed E-state index contributed by atoms with van der Waals surface area (Å²) in [5.74, 6) is -2.04. The molecule has 0 aromatic heterocycles. The zero-order valence-electron chi connectivity index (χ0n) is 17.1. The maximum atomic E-state index is 10.5.